The van der Waals surface area contributed by atoms with Gasteiger partial charge in [-0.25, -0.2) is 14.8 Å². The first kappa shape index (κ1) is 28.2. The van der Waals surface area contributed by atoms with Crippen LogP contribution in [0.2, 0.25) is 5.02 Å². The molecule has 2 N–H and O–H groups in total. The molecule has 40 heavy (non-hydrogen) atoms. The Balaban J connectivity index is 1.14. The van der Waals surface area contributed by atoms with E-state index in [0.717, 1.165) is 0 Å². The normalized spacial score (nSPS) is 19.6. The van der Waals surface area contributed by atoms with E-state index in [4.69, 9.17) is 25.8 Å². The third-order valence-corrected chi connectivity index (χ3v) is 7.47. The summed E-state index contributed by atoms with van der Waals surface area (Å²) in [6.07, 6.45) is 2.39. The van der Waals surface area contributed by atoms with E-state index in [0.29, 0.717) is 85.8 Å². The zero-order chi connectivity index (χ0) is 28.4. The van der Waals surface area contributed by atoms with E-state index < -0.39 is 16.7 Å². The molecule has 216 valence electrons. The van der Waals surface area contributed by atoms with Gasteiger partial charge in [0.25, 0.3) is 0 Å². The minimum absolute atomic E-state index is 0.211. The number of hydrogen-bond acceptors (Lipinski definition) is 8. The Bertz CT molecular complexity index is 1250. The summed E-state index contributed by atoms with van der Waals surface area (Å²) in [5.74, 6) is 1.24. The van der Waals surface area contributed by atoms with Crippen LogP contribution in [0.15, 0.2) is 30.5 Å². The van der Waals surface area contributed by atoms with Crippen LogP contribution in [0.4, 0.5) is 21.0 Å². The second kappa shape index (κ2) is 11.7. The number of halogens is 1. The Morgan fingerprint density at radius 1 is 1.20 bits per heavy atom. The smallest absolute Gasteiger partial charge is 0.410 e. The number of amides is 3. The maximum atomic E-state index is 13.3. The summed E-state index contributed by atoms with van der Waals surface area (Å²) in [7, 11) is 0. The summed E-state index contributed by atoms with van der Waals surface area (Å²) in [4.78, 5) is 35.7. The van der Waals surface area contributed by atoms with Crippen LogP contribution in [-0.2, 0) is 11.3 Å². The van der Waals surface area contributed by atoms with E-state index in [1.54, 1.807) is 34.2 Å². The Morgan fingerprint density at radius 2 is 1.93 bits per heavy atom. The fourth-order valence-electron chi connectivity index (χ4n) is 5.00. The van der Waals surface area contributed by atoms with E-state index in [1.807, 2.05) is 26.8 Å². The van der Waals surface area contributed by atoms with Crippen molar-refractivity contribution in [3.05, 3.63) is 46.4 Å². The van der Waals surface area contributed by atoms with Crippen LogP contribution in [-0.4, -0.2) is 77.9 Å². The number of nitrogens with one attached hydrogen (secondary N) is 2. The molecular weight excluding hydrogens is 540 g/mol. The lowest BCUT2D eigenvalue weighted by Crippen LogP contribution is -3.12. The Kier molecular flexibility index (Phi) is 8.22. The number of carbonyl (C=O) groups excluding carboxylic acids is 2. The van der Waals surface area contributed by atoms with Gasteiger partial charge in [-0.05, 0) is 45.7 Å². The molecule has 1 fully saturated rings. The van der Waals surface area contributed by atoms with E-state index in [9.17, 15) is 14.8 Å². The highest BCUT2D eigenvalue weighted by atomic mass is 35.5. The van der Waals surface area contributed by atoms with Gasteiger partial charge in [-0.2, -0.15) is 5.43 Å². The first-order valence-corrected chi connectivity index (χ1v) is 13.8. The van der Waals surface area contributed by atoms with Gasteiger partial charge in [0.2, 0.25) is 0 Å². The number of urea groups is 1. The van der Waals surface area contributed by atoms with Gasteiger partial charge in [0, 0.05) is 48.9 Å². The standard InChI is InChI=1S/C27H35ClN6O6/c1-27(2,3)33(17-19-15-23-24(16-29-19)39-13-12-38-23)26(36)40-20-6-8-31(9-7-20)10-11-32-22-14-18(28)4-5-21(22)34(37)30-25(32)35/h4-5,14-16,20,34H,6-13,17H2,1-3H3,(H,30,35). The van der Waals surface area contributed by atoms with Crippen LogP contribution in [0.25, 0.3) is 0 Å². The molecule has 4 heterocycles. The number of fused-ring (bicyclic) bond motifs is 2. The summed E-state index contributed by atoms with van der Waals surface area (Å²) in [6, 6.07) is 6.24. The molecular formula is C27H35ClN6O6. The highest BCUT2D eigenvalue weighted by Gasteiger charge is 2.33. The molecule has 1 atom stereocenters. The van der Waals surface area contributed by atoms with Crippen molar-refractivity contribution in [3.63, 3.8) is 0 Å². The van der Waals surface area contributed by atoms with Gasteiger partial charge in [-0.3, -0.25) is 14.8 Å². The lowest BCUT2D eigenvalue weighted by atomic mass is 10.1. The van der Waals surface area contributed by atoms with E-state index >= 15 is 0 Å². The van der Waals surface area contributed by atoms with Gasteiger partial charge in [0.1, 0.15) is 25.0 Å². The SMILES string of the molecule is CC(C)(C)N(Cc1cc2c(cn1)OCCO2)C(=O)OC1CCN(CCN2C(=O)N[NH+]([O-])c3ccc(Cl)cc32)CC1. The van der Waals surface area contributed by atoms with Crippen molar-refractivity contribution in [2.24, 2.45) is 0 Å². The minimum atomic E-state index is -0.484. The number of nitrogens with zero attached hydrogens (tertiary/aromatic N) is 4. The molecule has 1 aromatic carbocycles. The molecule has 0 saturated carbocycles. The molecule has 3 aliphatic rings. The molecule has 1 saturated heterocycles. The van der Waals surface area contributed by atoms with E-state index in [1.165, 1.54) is 0 Å². The third-order valence-electron chi connectivity index (χ3n) is 7.24. The fourth-order valence-corrected chi connectivity index (χ4v) is 5.16. The van der Waals surface area contributed by atoms with Crippen LogP contribution >= 0.6 is 11.6 Å². The number of quaternary nitrogens is 1. The highest BCUT2D eigenvalue weighted by molar-refractivity contribution is 6.31. The number of aromatic nitrogens is 1. The molecule has 12 nitrogen and oxygen atoms in total. The van der Waals surface area contributed by atoms with Crippen molar-refractivity contribution in [3.8, 4) is 11.5 Å². The van der Waals surface area contributed by atoms with E-state index in [-0.39, 0.29) is 18.7 Å². The van der Waals surface area contributed by atoms with Crippen LogP contribution in [0.3, 0.4) is 0 Å². The number of ether oxygens (including phenoxy) is 3. The number of pyridine rings is 1. The predicted molar refractivity (Wildman–Crippen MR) is 148 cm³/mol. The number of carbonyl (C=O) groups is 2. The average molecular weight is 575 g/mol. The number of benzene rings is 1. The van der Waals surface area contributed by atoms with Gasteiger partial charge in [0.15, 0.2) is 17.2 Å². The van der Waals surface area contributed by atoms with Crippen LogP contribution in [0.1, 0.15) is 39.3 Å². The Hall–Kier alpha value is -3.32. The van der Waals surface area contributed by atoms with Crippen LogP contribution in [0.5, 0.6) is 11.5 Å². The molecule has 1 unspecified atom stereocenters. The van der Waals surface area contributed by atoms with Crippen molar-refractivity contribution in [1.82, 2.24) is 20.2 Å². The molecule has 3 aliphatic heterocycles. The third kappa shape index (κ3) is 6.35. The number of anilines is 1. The van der Waals surface area contributed by atoms with Crippen molar-refractivity contribution in [2.75, 3.05) is 44.3 Å². The molecule has 2 aromatic rings. The molecule has 0 bridgehead atoms. The summed E-state index contributed by atoms with van der Waals surface area (Å²) in [5, 5.41) is 12.2. The van der Waals surface area contributed by atoms with E-state index in [2.05, 4.69) is 15.3 Å². The van der Waals surface area contributed by atoms with Gasteiger partial charge in [-0.15, -0.1) is 0 Å². The van der Waals surface area contributed by atoms with Crippen molar-refractivity contribution in [2.45, 2.75) is 51.8 Å². The molecule has 5 rings (SSSR count). The summed E-state index contributed by atoms with van der Waals surface area (Å²) in [6.45, 7) is 9.58. The highest BCUT2D eigenvalue weighted by Crippen LogP contribution is 2.31. The summed E-state index contributed by atoms with van der Waals surface area (Å²) in [5.41, 5.74) is 3.53. The Labute approximate surface area is 238 Å². The molecule has 3 amide bonds. The molecule has 0 radical (unpaired) electrons. The Morgan fingerprint density at radius 3 is 2.65 bits per heavy atom. The number of rotatable bonds is 6. The minimum Gasteiger partial charge on any atom is -0.603 e. The second-order valence-corrected chi connectivity index (χ2v) is 11.5. The lowest BCUT2D eigenvalue weighted by Gasteiger charge is -2.38. The zero-order valence-corrected chi connectivity index (χ0v) is 23.7. The zero-order valence-electron chi connectivity index (χ0n) is 22.9. The quantitative estimate of drug-likeness (QED) is 0.505. The van der Waals surface area contributed by atoms with Crippen LogP contribution in [0, 0.1) is 5.21 Å². The molecule has 1 aromatic heterocycles. The maximum Gasteiger partial charge on any atom is 0.410 e. The van der Waals surface area contributed by atoms with Gasteiger partial charge < -0.3 is 24.3 Å². The summed E-state index contributed by atoms with van der Waals surface area (Å²) >= 11 is 6.13. The number of piperidine rings is 1. The topological polar surface area (TPSA) is 124 Å². The molecule has 0 aliphatic carbocycles. The maximum absolute atomic E-state index is 13.3. The molecule has 13 heteroatoms. The predicted octanol–water partition coefficient (Wildman–Crippen LogP) is 2.87. The largest absolute Gasteiger partial charge is 0.603 e. The van der Waals surface area contributed by atoms with Gasteiger partial charge >= 0.3 is 12.1 Å². The second-order valence-electron chi connectivity index (χ2n) is 11.1. The van der Waals surface area contributed by atoms with Crippen LogP contribution < -0.4 is 25.0 Å². The monoisotopic (exact) mass is 574 g/mol. The number of hydrogen-bond donors (Lipinski definition) is 2. The van der Waals surface area contributed by atoms with Gasteiger partial charge in [-0.1, -0.05) is 11.6 Å². The number of likely N-dealkylation sites (tertiary alicyclic amines) is 1. The van der Waals surface area contributed by atoms with Crippen molar-refractivity contribution >= 4 is 35.1 Å². The lowest BCUT2D eigenvalue weighted by molar-refractivity contribution is -0.817. The van der Waals surface area contributed by atoms with Crippen molar-refractivity contribution < 1.29 is 29.0 Å². The first-order chi connectivity index (χ1) is 19.1. The summed E-state index contributed by atoms with van der Waals surface area (Å²) < 4.78 is 17.2. The first-order valence-electron chi connectivity index (χ1n) is 13.5. The average Bonchev–Trinajstić information content (AvgIpc) is 2.91. The molecule has 0 spiro atoms. The van der Waals surface area contributed by atoms with Gasteiger partial charge in [0.05, 0.1) is 18.4 Å². The van der Waals surface area contributed by atoms with Crippen molar-refractivity contribution in [1.29, 1.82) is 0 Å². The fraction of sp³-hybridized carbons (Fsp3) is 0.519.